The molecule has 0 unspecified atom stereocenters. The zero-order chi connectivity index (χ0) is 19.3. The Morgan fingerprint density at radius 2 is 1.74 bits per heavy atom. The first-order valence-electron chi connectivity index (χ1n) is 8.03. The molecule has 0 fully saturated rings. The molecule has 0 saturated heterocycles. The average Bonchev–Trinajstić information content (AvgIpc) is 3.03. The van der Waals surface area contributed by atoms with Crippen molar-refractivity contribution < 1.29 is 19.0 Å². The maximum atomic E-state index is 14.6. The number of H-pyrrole nitrogens is 1. The summed E-state index contributed by atoms with van der Waals surface area (Å²) in [4.78, 5) is 4.56. The number of methoxy groups -OCH3 is 2. The molecule has 8 heteroatoms. The molecule has 0 saturated carbocycles. The normalized spacial score (nSPS) is 11.3. The lowest BCUT2D eigenvalue weighted by atomic mass is 10.00. The Labute approximate surface area is 158 Å². The van der Waals surface area contributed by atoms with Crippen molar-refractivity contribution >= 4 is 33.4 Å². The number of phenolic OH excluding ortho intramolecular Hbond substituents is 1. The number of phenols is 1. The van der Waals surface area contributed by atoms with E-state index in [4.69, 9.17) is 21.1 Å². The van der Waals surface area contributed by atoms with Gasteiger partial charge in [0.15, 0.2) is 17.1 Å². The van der Waals surface area contributed by atoms with Crippen LogP contribution in [-0.2, 0) is 0 Å². The molecule has 2 heterocycles. The molecule has 4 rings (SSSR count). The molecule has 0 aliphatic heterocycles. The topological polar surface area (TPSA) is 80.3 Å². The van der Waals surface area contributed by atoms with Crippen LogP contribution in [0.4, 0.5) is 4.39 Å². The van der Waals surface area contributed by atoms with Gasteiger partial charge in [-0.05, 0) is 25.1 Å². The van der Waals surface area contributed by atoms with E-state index in [1.807, 2.05) is 13.0 Å². The first-order valence-corrected chi connectivity index (χ1v) is 8.41. The Morgan fingerprint density at radius 1 is 1.07 bits per heavy atom. The summed E-state index contributed by atoms with van der Waals surface area (Å²) in [6, 6.07) is 5.86. The van der Waals surface area contributed by atoms with Gasteiger partial charge in [0.25, 0.3) is 0 Å². The van der Waals surface area contributed by atoms with Crippen LogP contribution in [0.1, 0.15) is 5.69 Å². The highest BCUT2D eigenvalue weighted by molar-refractivity contribution is 6.32. The predicted octanol–water partition coefficient (Wildman–Crippen LogP) is 4.60. The number of aromatic hydroxyl groups is 1. The fourth-order valence-corrected chi connectivity index (χ4v) is 3.36. The van der Waals surface area contributed by atoms with Crippen LogP contribution in [0, 0.1) is 12.7 Å². The third-order valence-corrected chi connectivity index (χ3v) is 4.79. The lowest BCUT2D eigenvalue weighted by Gasteiger charge is -2.13. The van der Waals surface area contributed by atoms with Crippen LogP contribution in [0.25, 0.3) is 33.1 Å². The van der Waals surface area contributed by atoms with Crippen LogP contribution in [0.5, 0.6) is 17.2 Å². The molecule has 0 spiro atoms. The highest BCUT2D eigenvalue weighted by Crippen LogP contribution is 2.41. The fourth-order valence-electron chi connectivity index (χ4n) is 3.20. The molecule has 0 bridgehead atoms. The van der Waals surface area contributed by atoms with Gasteiger partial charge in [0.05, 0.1) is 30.6 Å². The van der Waals surface area contributed by atoms with Gasteiger partial charge in [0.1, 0.15) is 11.6 Å². The van der Waals surface area contributed by atoms with Crippen molar-refractivity contribution in [2.75, 3.05) is 14.2 Å². The second kappa shape index (κ2) is 6.28. The molecule has 138 valence electrons. The van der Waals surface area contributed by atoms with E-state index in [9.17, 15) is 9.50 Å². The van der Waals surface area contributed by atoms with Crippen molar-refractivity contribution in [3.8, 4) is 28.5 Å². The van der Waals surface area contributed by atoms with E-state index in [0.717, 1.165) is 22.5 Å². The molecule has 0 amide bonds. The van der Waals surface area contributed by atoms with Gasteiger partial charge in [-0.1, -0.05) is 11.6 Å². The van der Waals surface area contributed by atoms with Gasteiger partial charge in [-0.25, -0.2) is 9.37 Å². The van der Waals surface area contributed by atoms with Gasteiger partial charge in [-0.2, -0.15) is 5.10 Å². The number of hydrogen-bond donors (Lipinski definition) is 2. The number of ether oxygens (including phenoxy) is 2. The first-order chi connectivity index (χ1) is 12.9. The predicted molar refractivity (Wildman–Crippen MR) is 101 cm³/mol. The minimum Gasteiger partial charge on any atom is -0.506 e. The van der Waals surface area contributed by atoms with Crippen LogP contribution in [0.2, 0.25) is 5.02 Å². The van der Waals surface area contributed by atoms with Crippen molar-refractivity contribution in [3.63, 3.8) is 0 Å². The summed E-state index contributed by atoms with van der Waals surface area (Å²) >= 11 is 6.01. The van der Waals surface area contributed by atoms with Gasteiger partial charge < -0.3 is 14.6 Å². The number of hydrogen-bond acceptors (Lipinski definition) is 5. The van der Waals surface area contributed by atoms with E-state index in [2.05, 4.69) is 15.2 Å². The summed E-state index contributed by atoms with van der Waals surface area (Å²) in [5.41, 5.74) is 1.77. The number of aromatic nitrogens is 3. The van der Waals surface area contributed by atoms with Crippen LogP contribution in [0.3, 0.4) is 0 Å². The summed E-state index contributed by atoms with van der Waals surface area (Å²) in [7, 11) is 3.07. The Bertz CT molecular complexity index is 1210. The number of nitrogens with zero attached hydrogens (tertiary/aromatic N) is 2. The highest BCUT2D eigenvalue weighted by Gasteiger charge is 2.20. The van der Waals surface area contributed by atoms with E-state index in [1.165, 1.54) is 13.2 Å². The van der Waals surface area contributed by atoms with Gasteiger partial charge in [0.2, 0.25) is 0 Å². The molecule has 0 aliphatic carbocycles. The standard InChI is InChI=1S/C19H15ClFN3O3/c1-8-17-9-5-15(26-2)16(27-3)6-10(9)18(22-19(17)24-23-8)11-4-12(20)14(25)7-13(11)21/h4-7,25H,1-3H3,(H,22,23,24). The second-order valence-electron chi connectivity index (χ2n) is 6.03. The Kier molecular flexibility index (Phi) is 4.04. The Morgan fingerprint density at radius 3 is 2.41 bits per heavy atom. The van der Waals surface area contributed by atoms with Crippen molar-refractivity contribution in [2.24, 2.45) is 0 Å². The van der Waals surface area contributed by atoms with E-state index in [0.29, 0.717) is 28.2 Å². The molecule has 0 atom stereocenters. The summed E-state index contributed by atoms with van der Waals surface area (Å²) in [5.74, 6) is 0.0445. The summed E-state index contributed by atoms with van der Waals surface area (Å²) in [6.45, 7) is 1.86. The summed E-state index contributed by atoms with van der Waals surface area (Å²) < 4.78 is 25.4. The van der Waals surface area contributed by atoms with Gasteiger partial charge in [-0.3, -0.25) is 5.10 Å². The van der Waals surface area contributed by atoms with Crippen LogP contribution < -0.4 is 9.47 Å². The number of halogens is 2. The van der Waals surface area contributed by atoms with Crippen LogP contribution >= 0.6 is 11.6 Å². The molecular weight excluding hydrogens is 373 g/mol. The zero-order valence-electron chi connectivity index (χ0n) is 14.7. The lowest BCUT2D eigenvalue weighted by Crippen LogP contribution is -1.95. The second-order valence-corrected chi connectivity index (χ2v) is 6.44. The van der Waals surface area contributed by atoms with Crippen molar-refractivity contribution in [2.45, 2.75) is 6.92 Å². The van der Waals surface area contributed by atoms with E-state index >= 15 is 0 Å². The van der Waals surface area contributed by atoms with E-state index in [-0.39, 0.29) is 16.3 Å². The highest BCUT2D eigenvalue weighted by atomic mass is 35.5. The van der Waals surface area contributed by atoms with Crippen molar-refractivity contribution in [1.82, 2.24) is 15.2 Å². The van der Waals surface area contributed by atoms with Gasteiger partial charge in [0, 0.05) is 27.8 Å². The van der Waals surface area contributed by atoms with E-state index in [1.54, 1.807) is 13.2 Å². The fraction of sp³-hybridized carbons (Fsp3) is 0.158. The summed E-state index contributed by atoms with van der Waals surface area (Å²) in [6.07, 6.45) is 0. The molecular formula is C19H15ClFN3O3. The Balaban J connectivity index is 2.18. The number of benzene rings is 2. The maximum absolute atomic E-state index is 14.6. The van der Waals surface area contributed by atoms with Crippen molar-refractivity contribution in [3.05, 3.63) is 40.8 Å². The average molecular weight is 388 g/mol. The minimum atomic E-state index is -0.643. The van der Waals surface area contributed by atoms with Crippen molar-refractivity contribution in [1.29, 1.82) is 0 Å². The zero-order valence-corrected chi connectivity index (χ0v) is 15.5. The van der Waals surface area contributed by atoms with E-state index < -0.39 is 5.82 Å². The molecule has 6 nitrogen and oxygen atoms in total. The number of nitrogens with one attached hydrogen (secondary N) is 1. The van der Waals surface area contributed by atoms with Gasteiger partial charge in [-0.15, -0.1) is 0 Å². The third kappa shape index (κ3) is 2.62. The SMILES string of the molecule is COc1cc2c(-c3cc(Cl)c(O)cc3F)nc3[nH]nc(C)c3c2cc1OC. The quantitative estimate of drug-likeness (QED) is 0.537. The lowest BCUT2D eigenvalue weighted by molar-refractivity contribution is 0.356. The third-order valence-electron chi connectivity index (χ3n) is 4.49. The molecule has 0 aliphatic rings. The number of rotatable bonds is 3. The maximum Gasteiger partial charge on any atom is 0.161 e. The Hall–Kier alpha value is -3.06. The summed E-state index contributed by atoms with van der Waals surface area (Å²) in [5, 5.41) is 19.0. The molecule has 2 aromatic heterocycles. The molecule has 27 heavy (non-hydrogen) atoms. The van der Waals surface area contributed by atoms with Crippen LogP contribution in [-0.4, -0.2) is 34.5 Å². The monoisotopic (exact) mass is 387 g/mol. The number of pyridine rings is 1. The number of aromatic amines is 1. The largest absolute Gasteiger partial charge is 0.506 e. The first kappa shape index (κ1) is 17.4. The van der Waals surface area contributed by atoms with Crippen LogP contribution in [0.15, 0.2) is 24.3 Å². The molecule has 4 aromatic rings. The molecule has 2 N–H and O–H groups in total. The van der Waals surface area contributed by atoms with Gasteiger partial charge >= 0.3 is 0 Å². The smallest absolute Gasteiger partial charge is 0.161 e. The molecule has 2 aromatic carbocycles. The number of fused-ring (bicyclic) bond motifs is 3. The number of aryl methyl sites for hydroxylation is 1. The molecule has 0 radical (unpaired) electrons. The minimum absolute atomic E-state index is 0.0303.